The van der Waals surface area contributed by atoms with Crippen LogP contribution in [0.4, 0.5) is 0 Å². The van der Waals surface area contributed by atoms with E-state index in [1.807, 2.05) is 27.7 Å². The summed E-state index contributed by atoms with van der Waals surface area (Å²) in [7, 11) is 0. The molecule has 0 aliphatic rings. The highest BCUT2D eigenvalue weighted by atomic mass is 16.5. The summed E-state index contributed by atoms with van der Waals surface area (Å²) < 4.78 is 11.5. The molecule has 124 valence electrons. The Morgan fingerprint density at radius 2 is 1.77 bits per heavy atom. The van der Waals surface area contributed by atoms with Crippen LogP contribution in [0.2, 0.25) is 0 Å². The molecule has 22 heavy (non-hydrogen) atoms. The number of para-hydroxylation sites is 1. The lowest BCUT2D eigenvalue weighted by Crippen LogP contribution is -2.46. The molecule has 1 amide bonds. The molecule has 1 rings (SSSR count). The van der Waals surface area contributed by atoms with Crippen molar-refractivity contribution in [3.05, 3.63) is 23.8 Å². The van der Waals surface area contributed by atoms with E-state index in [0.717, 1.165) is 0 Å². The average molecular weight is 309 g/mol. The smallest absolute Gasteiger partial charge is 0.255 e. The van der Waals surface area contributed by atoms with Crippen LogP contribution in [-0.4, -0.2) is 35.4 Å². The third-order valence-electron chi connectivity index (χ3n) is 2.79. The van der Waals surface area contributed by atoms with Crippen LogP contribution in [-0.2, 0) is 0 Å². The number of benzene rings is 1. The second kappa shape index (κ2) is 7.49. The number of hydrogen-bond acceptors (Lipinski definition) is 4. The summed E-state index contributed by atoms with van der Waals surface area (Å²) in [6.07, 6.45) is -0.115. The minimum atomic E-state index is -0.707. The van der Waals surface area contributed by atoms with Gasteiger partial charge in [0, 0.05) is 0 Å². The summed E-state index contributed by atoms with van der Waals surface area (Å²) in [6, 6.07) is 5.23. The van der Waals surface area contributed by atoms with E-state index in [4.69, 9.17) is 9.47 Å². The Morgan fingerprint density at radius 1 is 1.18 bits per heavy atom. The van der Waals surface area contributed by atoms with Crippen LogP contribution in [0.25, 0.3) is 0 Å². The molecule has 5 nitrogen and oxygen atoms in total. The number of carbonyl (C=O) groups is 1. The van der Waals surface area contributed by atoms with Crippen molar-refractivity contribution in [2.24, 2.45) is 0 Å². The first-order valence-corrected chi connectivity index (χ1v) is 7.56. The SMILES string of the molecule is CC(C)Oc1cccc(C(=O)NC(C)(C)CO)c1OC(C)C. The van der Waals surface area contributed by atoms with Crippen LogP contribution in [0.3, 0.4) is 0 Å². The molecule has 1 aromatic rings. The summed E-state index contributed by atoms with van der Waals surface area (Å²) in [5.41, 5.74) is -0.311. The molecule has 0 saturated carbocycles. The lowest BCUT2D eigenvalue weighted by molar-refractivity contribution is 0.0861. The number of aliphatic hydroxyl groups excluding tert-OH is 1. The Balaban J connectivity index is 3.19. The third-order valence-corrected chi connectivity index (χ3v) is 2.79. The maximum atomic E-state index is 12.5. The fourth-order valence-corrected chi connectivity index (χ4v) is 1.81. The van der Waals surface area contributed by atoms with Crippen molar-refractivity contribution in [1.82, 2.24) is 5.32 Å². The molecule has 0 radical (unpaired) electrons. The number of amides is 1. The van der Waals surface area contributed by atoms with Crippen molar-refractivity contribution >= 4 is 5.91 Å². The Hall–Kier alpha value is -1.75. The number of ether oxygens (including phenoxy) is 2. The highest BCUT2D eigenvalue weighted by Crippen LogP contribution is 2.33. The zero-order chi connectivity index (χ0) is 16.9. The largest absolute Gasteiger partial charge is 0.487 e. The summed E-state index contributed by atoms with van der Waals surface area (Å²) >= 11 is 0. The van der Waals surface area contributed by atoms with Gasteiger partial charge in [-0.3, -0.25) is 4.79 Å². The number of hydrogen-bond donors (Lipinski definition) is 2. The topological polar surface area (TPSA) is 67.8 Å². The number of nitrogens with one attached hydrogen (secondary N) is 1. The van der Waals surface area contributed by atoms with Crippen molar-refractivity contribution in [1.29, 1.82) is 0 Å². The van der Waals surface area contributed by atoms with E-state index in [-0.39, 0.29) is 24.7 Å². The minimum absolute atomic E-state index is 0.0262. The van der Waals surface area contributed by atoms with E-state index in [0.29, 0.717) is 17.1 Å². The molecule has 1 aromatic carbocycles. The van der Waals surface area contributed by atoms with Crippen LogP contribution in [0, 0.1) is 0 Å². The average Bonchev–Trinajstić information content (AvgIpc) is 2.39. The highest BCUT2D eigenvalue weighted by Gasteiger charge is 2.24. The van der Waals surface area contributed by atoms with E-state index in [2.05, 4.69) is 5.32 Å². The van der Waals surface area contributed by atoms with Crippen molar-refractivity contribution < 1.29 is 19.4 Å². The number of rotatable bonds is 7. The normalized spacial score (nSPS) is 11.7. The van der Waals surface area contributed by atoms with Crippen LogP contribution in [0.1, 0.15) is 51.9 Å². The predicted octanol–water partition coefficient (Wildman–Crippen LogP) is 2.76. The van der Waals surface area contributed by atoms with Gasteiger partial charge in [-0.05, 0) is 53.7 Å². The Bertz CT molecular complexity index is 509. The minimum Gasteiger partial charge on any atom is -0.487 e. The van der Waals surface area contributed by atoms with E-state index in [9.17, 15) is 9.90 Å². The first-order chi connectivity index (χ1) is 10.2. The molecule has 0 atom stereocenters. The van der Waals surface area contributed by atoms with Crippen LogP contribution < -0.4 is 14.8 Å². The van der Waals surface area contributed by atoms with Crippen LogP contribution in [0.15, 0.2) is 18.2 Å². The zero-order valence-electron chi connectivity index (χ0n) is 14.3. The number of carbonyl (C=O) groups excluding carboxylic acids is 1. The highest BCUT2D eigenvalue weighted by molar-refractivity contribution is 5.98. The molecule has 0 fully saturated rings. The summed E-state index contributed by atoms with van der Waals surface area (Å²) in [5, 5.41) is 12.1. The molecule has 0 aliphatic carbocycles. The first-order valence-electron chi connectivity index (χ1n) is 7.56. The van der Waals surface area contributed by atoms with E-state index in [1.54, 1.807) is 32.0 Å². The molecular weight excluding hydrogens is 282 g/mol. The van der Waals surface area contributed by atoms with Crippen molar-refractivity contribution in [3.8, 4) is 11.5 Å². The van der Waals surface area contributed by atoms with Gasteiger partial charge < -0.3 is 19.9 Å². The van der Waals surface area contributed by atoms with Gasteiger partial charge in [-0.15, -0.1) is 0 Å². The Labute approximate surface area is 132 Å². The van der Waals surface area contributed by atoms with Gasteiger partial charge in [-0.2, -0.15) is 0 Å². The Kier molecular flexibility index (Phi) is 6.23. The van der Waals surface area contributed by atoms with E-state index >= 15 is 0 Å². The fraction of sp³-hybridized carbons (Fsp3) is 0.588. The van der Waals surface area contributed by atoms with Gasteiger partial charge >= 0.3 is 0 Å². The molecule has 0 aliphatic heterocycles. The van der Waals surface area contributed by atoms with Crippen molar-refractivity contribution in [3.63, 3.8) is 0 Å². The second-order valence-corrected chi connectivity index (χ2v) is 6.46. The Morgan fingerprint density at radius 3 is 2.27 bits per heavy atom. The first kappa shape index (κ1) is 18.3. The van der Waals surface area contributed by atoms with Gasteiger partial charge in [0.25, 0.3) is 5.91 Å². The van der Waals surface area contributed by atoms with Gasteiger partial charge in [-0.1, -0.05) is 6.07 Å². The molecule has 0 aromatic heterocycles. The monoisotopic (exact) mass is 309 g/mol. The molecule has 0 unspecified atom stereocenters. The van der Waals surface area contributed by atoms with Crippen molar-refractivity contribution in [2.75, 3.05) is 6.61 Å². The van der Waals surface area contributed by atoms with Gasteiger partial charge in [0.15, 0.2) is 11.5 Å². The standard InChI is InChI=1S/C17H27NO4/c1-11(2)21-14-9-7-8-13(15(14)22-12(3)4)16(20)18-17(5,6)10-19/h7-9,11-12,19H,10H2,1-6H3,(H,18,20). The van der Waals surface area contributed by atoms with Gasteiger partial charge in [0.2, 0.25) is 0 Å². The maximum Gasteiger partial charge on any atom is 0.255 e. The molecule has 2 N–H and O–H groups in total. The third kappa shape index (κ3) is 5.22. The second-order valence-electron chi connectivity index (χ2n) is 6.46. The molecule has 0 spiro atoms. The van der Waals surface area contributed by atoms with Crippen LogP contribution >= 0.6 is 0 Å². The summed E-state index contributed by atoms with van der Waals surface area (Å²) in [4.78, 5) is 12.5. The fourth-order valence-electron chi connectivity index (χ4n) is 1.81. The van der Waals surface area contributed by atoms with E-state index in [1.165, 1.54) is 0 Å². The molecule has 5 heteroatoms. The molecule has 0 bridgehead atoms. The summed E-state index contributed by atoms with van der Waals surface area (Å²) in [5.74, 6) is 0.666. The quantitative estimate of drug-likeness (QED) is 0.812. The van der Waals surface area contributed by atoms with Gasteiger partial charge in [-0.25, -0.2) is 0 Å². The zero-order valence-corrected chi connectivity index (χ0v) is 14.3. The summed E-state index contributed by atoms with van der Waals surface area (Å²) in [6.45, 7) is 11.0. The van der Waals surface area contributed by atoms with Crippen molar-refractivity contribution in [2.45, 2.75) is 59.3 Å². The maximum absolute atomic E-state index is 12.5. The van der Waals surface area contributed by atoms with Gasteiger partial charge in [0.1, 0.15) is 0 Å². The van der Waals surface area contributed by atoms with E-state index < -0.39 is 5.54 Å². The van der Waals surface area contributed by atoms with Gasteiger partial charge in [0.05, 0.1) is 29.9 Å². The molecule has 0 heterocycles. The predicted molar refractivity (Wildman–Crippen MR) is 86.6 cm³/mol. The number of aliphatic hydroxyl groups is 1. The molecule has 0 saturated heterocycles. The lowest BCUT2D eigenvalue weighted by atomic mass is 10.1. The lowest BCUT2D eigenvalue weighted by Gasteiger charge is -2.25. The van der Waals surface area contributed by atoms with Crippen LogP contribution in [0.5, 0.6) is 11.5 Å². The molecular formula is C17H27NO4.